The molecule has 0 aromatic heterocycles. The molecule has 32 heavy (non-hydrogen) atoms. The van der Waals surface area contributed by atoms with Crippen molar-refractivity contribution >= 4 is 17.8 Å². The average molecular weight is 449 g/mol. The van der Waals surface area contributed by atoms with Crippen molar-refractivity contribution in [3.63, 3.8) is 0 Å². The van der Waals surface area contributed by atoms with Crippen LogP contribution in [0.3, 0.4) is 0 Å². The molecule has 3 rings (SSSR count). The topological polar surface area (TPSA) is 95.9 Å². The second-order valence-corrected chi connectivity index (χ2v) is 6.91. The first-order valence-corrected chi connectivity index (χ1v) is 10.7. The third kappa shape index (κ3) is 7.65. The van der Waals surface area contributed by atoms with Gasteiger partial charge in [0.05, 0.1) is 57.0 Å². The van der Waals surface area contributed by atoms with E-state index in [-0.39, 0.29) is 25.7 Å². The first-order chi connectivity index (χ1) is 15.5. The normalized spacial score (nSPS) is 18.2. The van der Waals surface area contributed by atoms with E-state index in [1.165, 1.54) is 5.01 Å². The summed E-state index contributed by atoms with van der Waals surface area (Å²) in [7, 11) is 0. The molecule has 1 aromatic rings. The van der Waals surface area contributed by atoms with Gasteiger partial charge in [0.1, 0.15) is 12.3 Å². The molecular weight excluding hydrogens is 416 g/mol. The Hall–Kier alpha value is -2.91. The van der Waals surface area contributed by atoms with Crippen molar-refractivity contribution in [3.8, 4) is 0 Å². The molecule has 1 fully saturated rings. The zero-order valence-electron chi connectivity index (χ0n) is 19.2. The van der Waals surface area contributed by atoms with Crippen LogP contribution in [0.1, 0.15) is 39.2 Å². The summed E-state index contributed by atoms with van der Waals surface area (Å²) in [6.07, 6.45) is -0.784. The number of ether oxygens (including phenoxy) is 5. The Balaban J connectivity index is 0.000000520. The summed E-state index contributed by atoms with van der Waals surface area (Å²) in [5.74, 6) is -0.345. The smallest absolute Gasteiger partial charge is 0.465 e. The van der Waals surface area contributed by atoms with Crippen molar-refractivity contribution in [2.75, 3.05) is 46.2 Å². The minimum absolute atomic E-state index is 0.0613. The summed E-state index contributed by atoms with van der Waals surface area (Å²) >= 11 is 0. The van der Waals surface area contributed by atoms with Gasteiger partial charge in [0.25, 0.3) is 0 Å². The Bertz CT molecular complexity index is 792. The van der Waals surface area contributed by atoms with Gasteiger partial charge in [-0.25, -0.2) is 4.79 Å². The van der Waals surface area contributed by atoms with Crippen molar-refractivity contribution in [1.29, 1.82) is 0 Å². The lowest BCUT2D eigenvalue weighted by atomic mass is 9.91. The number of rotatable bonds is 6. The number of esters is 1. The van der Waals surface area contributed by atoms with Crippen molar-refractivity contribution in [3.05, 3.63) is 47.4 Å². The molecule has 0 bridgehead atoms. The van der Waals surface area contributed by atoms with Crippen LogP contribution >= 0.6 is 0 Å². The molecule has 2 heterocycles. The van der Waals surface area contributed by atoms with Gasteiger partial charge >= 0.3 is 12.1 Å². The van der Waals surface area contributed by atoms with Crippen LogP contribution in [0.2, 0.25) is 0 Å². The van der Waals surface area contributed by atoms with Gasteiger partial charge in [-0.3, -0.25) is 9.80 Å². The molecule has 1 saturated heterocycles. The number of hydrazone groups is 1. The predicted octanol–water partition coefficient (Wildman–Crippen LogP) is 3.46. The van der Waals surface area contributed by atoms with Gasteiger partial charge in [-0.1, -0.05) is 30.3 Å². The minimum Gasteiger partial charge on any atom is -0.465 e. The summed E-state index contributed by atoms with van der Waals surface area (Å²) in [5, 5.41) is 5.99. The van der Waals surface area contributed by atoms with Crippen molar-refractivity contribution < 1.29 is 33.3 Å². The quantitative estimate of drug-likeness (QED) is 0.611. The summed E-state index contributed by atoms with van der Waals surface area (Å²) < 4.78 is 25.3. The molecule has 2 aliphatic rings. The van der Waals surface area contributed by atoms with Gasteiger partial charge < -0.3 is 23.7 Å². The highest BCUT2D eigenvalue weighted by molar-refractivity contribution is 5.92. The maximum absolute atomic E-state index is 11.9. The largest absolute Gasteiger partial charge is 0.513 e. The standard InChI is InChI=1S/C19H24N2O5.C4H8O2/c1-5-24-16(22)12-21-14(4)18(26-19(23)25-6-2)17(13(3)20-21)15-10-8-7-9-11-15;1-2-6-4-3-5-1/h7-11,17H,5-6,12H2,1-4H3;1-4H2. The molecule has 9 heteroatoms. The maximum Gasteiger partial charge on any atom is 0.513 e. The average Bonchev–Trinajstić information content (AvgIpc) is 2.79. The van der Waals surface area contributed by atoms with Crippen LogP contribution in [-0.2, 0) is 28.5 Å². The second-order valence-electron chi connectivity index (χ2n) is 6.91. The summed E-state index contributed by atoms with van der Waals surface area (Å²) in [4.78, 5) is 23.8. The molecular formula is C23H32N2O7. The fourth-order valence-electron chi connectivity index (χ4n) is 3.18. The van der Waals surface area contributed by atoms with Crippen LogP contribution in [0.5, 0.6) is 0 Å². The summed E-state index contributed by atoms with van der Waals surface area (Å²) in [6.45, 7) is 10.6. The van der Waals surface area contributed by atoms with Crippen LogP contribution in [0, 0.1) is 0 Å². The minimum atomic E-state index is -0.784. The van der Waals surface area contributed by atoms with Gasteiger partial charge in [0.15, 0.2) is 0 Å². The molecule has 1 atom stereocenters. The Morgan fingerprint density at radius 3 is 2.12 bits per heavy atom. The van der Waals surface area contributed by atoms with E-state index in [9.17, 15) is 9.59 Å². The highest BCUT2D eigenvalue weighted by Gasteiger charge is 2.33. The summed E-state index contributed by atoms with van der Waals surface area (Å²) in [6, 6.07) is 9.60. The molecule has 1 unspecified atom stereocenters. The monoisotopic (exact) mass is 448 g/mol. The molecule has 176 valence electrons. The molecule has 0 spiro atoms. The van der Waals surface area contributed by atoms with E-state index >= 15 is 0 Å². The fourth-order valence-corrected chi connectivity index (χ4v) is 3.18. The first kappa shape index (κ1) is 25.4. The molecule has 1 aromatic carbocycles. The predicted molar refractivity (Wildman–Crippen MR) is 118 cm³/mol. The number of hydrogen-bond donors (Lipinski definition) is 0. The first-order valence-electron chi connectivity index (χ1n) is 10.7. The van der Waals surface area contributed by atoms with E-state index in [4.69, 9.17) is 23.7 Å². The Labute approximate surface area is 188 Å². The highest BCUT2D eigenvalue weighted by atomic mass is 16.7. The van der Waals surface area contributed by atoms with E-state index in [0.717, 1.165) is 32.0 Å². The SMILES string of the molecule is C1COCCO1.CCOC(=O)CN1N=C(C)C(c2ccccc2)C(OC(=O)OCC)=C1C. The fraction of sp³-hybridized carbons (Fsp3) is 0.522. The van der Waals surface area contributed by atoms with Crippen LogP contribution in [0.25, 0.3) is 0 Å². The highest BCUT2D eigenvalue weighted by Crippen LogP contribution is 2.34. The van der Waals surface area contributed by atoms with Crippen LogP contribution in [0.15, 0.2) is 46.9 Å². The van der Waals surface area contributed by atoms with Crippen LogP contribution in [-0.4, -0.2) is 69.0 Å². The van der Waals surface area contributed by atoms with Crippen LogP contribution in [0.4, 0.5) is 4.79 Å². The lowest BCUT2D eigenvalue weighted by molar-refractivity contribution is -0.144. The maximum atomic E-state index is 11.9. The van der Waals surface area contributed by atoms with Gasteiger partial charge in [0, 0.05) is 0 Å². The lowest BCUT2D eigenvalue weighted by Crippen LogP contribution is -2.34. The lowest BCUT2D eigenvalue weighted by Gasteiger charge is -2.31. The van der Waals surface area contributed by atoms with Gasteiger partial charge in [0.2, 0.25) is 0 Å². The molecule has 9 nitrogen and oxygen atoms in total. The zero-order chi connectivity index (χ0) is 23.3. The molecule has 0 saturated carbocycles. The molecule has 2 aliphatic heterocycles. The Morgan fingerprint density at radius 2 is 1.59 bits per heavy atom. The number of hydrogen-bond acceptors (Lipinski definition) is 9. The van der Waals surface area contributed by atoms with E-state index in [1.54, 1.807) is 20.8 Å². The second kappa shape index (κ2) is 13.5. The molecule has 0 N–H and O–H groups in total. The van der Waals surface area contributed by atoms with Gasteiger partial charge in [-0.05, 0) is 33.3 Å². The van der Waals surface area contributed by atoms with Crippen LogP contribution < -0.4 is 0 Å². The molecule has 0 amide bonds. The molecule has 0 radical (unpaired) electrons. The third-order valence-electron chi connectivity index (χ3n) is 4.62. The third-order valence-corrected chi connectivity index (χ3v) is 4.62. The van der Waals surface area contributed by atoms with Gasteiger partial charge in [-0.15, -0.1) is 0 Å². The number of allylic oxidation sites excluding steroid dienone is 2. The number of nitrogens with zero attached hydrogens (tertiary/aromatic N) is 2. The number of carbonyl (C=O) groups excluding carboxylic acids is 2. The van der Waals surface area contributed by atoms with Crippen molar-refractivity contribution in [1.82, 2.24) is 5.01 Å². The molecule has 0 aliphatic carbocycles. The zero-order valence-corrected chi connectivity index (χ0v) is 19.2. The van der Waals surface area contributed by atoms with E-state index in [1.807, 2.05) is 37.3 Å². The van der Waals surface area contributed by atoms with E-state index in [2.05, 4.69) is 5.10 Å². The van der Waals surface area contributed by atoms with Crippen molar-refractivity contribution in [2.24, 2.45) is 5.10 Å². The Morgan fingerprint density at radius 1 is 1.00 bits per heavy atom. The Kier molecular flexibility index (Phi) is 10.7. The van der Waals surface area contributed by atoms with E-state index in [0.29, 0.717) is 17.2 Å². The van der Waals surface area contributed by atoms with E-state index < -0.39 is 12.1 Å². The number of benzene rings is 1. The summed E-state index contributed by atoms with van der Waals surface area (Å²) in [5.41, 5.74) is 2.19. The van der Waals surface area contributed by atoms with Gasteiger partial charge in [-0.2, -0.15) is 5.10 Å². The number of carbonyl (C=O) groups is 2. The van der Waals surface area contributed by atoms with Crippen molar-refractivity contribution in [2.45, 2.75) is 33.6 Å².